The van der Waals surface area contributed by atoms with Crippen LogP contribution in [0.3, 0.4) is 0 Å². The summed E-state index contributed by atoms with van der Waals surface area (Å²) in [5, 5.41) is 0. The van der Waals surface area contributed by atoms with E-state index in [-0.39, 0.29) is 11.9 Å². The van der Waals surface area contributed by atoms with E-state index in [9.17, 15) is 4.79 Å². The van der Waals surface area contributed by atoms with E-state index < -0.39 is 0 Å². The van der Waals surface area contributed by atoms with Gasteiger partial charge in [0, 0.05) is 6.04 Å². The second-order valence-electron chi connectivity index (χ2n) is 4.97. The van der Waals surface area contributed by atoms with Crippen LogP contribution in [0.15, 0.2) is 0 Å². The zero-order valence-electron chi connectivity index (χ0n) is 10.7. The minimum Gasteiger partial charge on any atom is -0.293 e. The van der Waals surface area contributed by atoms with Crippen LogP contribution in [0.2, 0.25) is 0 Å². The van der Waals surface area contributed by atoms with Crippen molar-refractivity contribution in [2.75, 3.05) is 6.54 Å². The molecule has 1 saturated carbocycles. The Balaban J connectivity index is 2.76. The third-order valence-corrected chi connectivity index (χ3v) is 3.56. The van der Waals surface area contributed by atoms with Gasteiger partial charge < -0.3 is 0 Å². The molecule has 0 saturated heterocycles. The predicted molar refractivity (Wildman–Crippen MR) is 65.6 cm³/mol. The summed E-state index contributed by atoms with van der Waals surface area (Å²) in [6, 6.07) is 0.479. The molecule has 1 fully saturated rings. The molecule has 4 heteroatoms. The SMILES string of the molecule is CCN(C1CCCC1)C(C(=O)NN)C(C)C. The Morgan fingerprint density at radius 2 is 2.00 bits per heavy atom. The molecular formula is C12H25N3O. The first kappa shape index (κ1) is 13.5. The summed E-state index contributed by atoms with van der Waals surface area (Å²) in [5.74, 6) is 5.52. The van der Waals surface area contributed by atoms with E-state index in [1.807, 2.05) is 0 Å². The van der Waals surface area contributed by atoms with Gasteiger partial charge in [-0.1, -0.05) is 33.6 Å². The summed E-state index contributed by atoms with van der Waals surface area (Å²) >= 11 is 0. The predicted octanol–water partition coefficient (Wildman–Crippen LogP) is 1.27. The number of nitrogens with two attached hydrogens (primary N) is 1. The number of carbonyl (C=O) groups is 1. The second-order valence-corrected chi connectivity index (χ2v) is 4.97. The van der Waals surface area contributed by atoms with Crippen molar-refractivity contribution in [1.29, 1.82) is 0 Å². The fourth-order valence-electron chi connectivity index (χ4n) is 2.84. The average Bonchev–Trinajstić information content (AvgIpc) is 2.77. The van der Waals surface area contributed by atoms with Crippen LogP contribution in [-0.4, -0.2) is 29.4 Å². The molecule has 1 aliphatic rings. The van der Waals surface area contributed by atoms with Gasteiger partial charge in [0.25, 0.3) is 5.91 Å². The first-order chi connectivity index (χ1) is 7.61. The second kappa shape index (κ2) is 6.21. The lowest BCUT2D eigenvalue weighted by Gasteiger charge is -2.36. The lowest BCUT2D eigenvalue weighted by molar-refractivity contribution is -0.129. The third-order valence-electron chi connectivity index (χ3n) is 3.56. The maximum Gasteiger partial charge on any atom is 0.251 e. The minimum absolute atomic E-state index is 0.0521. The van der Waals surface area contributed by atoms with Gasteiger partial charge in [-0.3, -0.25) is 15.1 Å². The number of nitrogens with one attached hydrogen (secondary N) is 1. The van der Waals surface area contributed by atoms with Gasteiger partial charge in [-0.2, -0.15) is 0 Å². The monoisotopic (exact) mass is 227 g/mol. The molecule has 0 aromatic rings. The van der Waals surface area contributed by atoms with E-state index in [1.54, 1.807) is 0 Å². The van der Waals surface area contributed by atoms with Crippen molar-refractivity contribution >= 4 is 5.91 Å². The van der Waals surface area contributed by atoms with Crippen molar-refractivity contribution in [3.05, 3.63) is 0 Å². The quantitative estimate of drug-likeness (QED) is 0.422. The molecule has 0 aromatic heterocycles. The molecule has 16 heavy (non-hydrogen) atoms. The maximum absolute atomic E-state index is 11.8. The molecule has 94 valence electrons. The number of hydrazine groups is 1. The number of nitrogens with zero attached hydrogens (tertiary/aromatic N) is 1. The molecule has 0 spiro atoms. The zero-order valence-corrected chi connectivity index (χ0v) is 10.7. The molecule has 1 amide bonds. The molecule has 4 nitrogen and oxygen atoms in total. The molecule has 0 heterocycles. The highest BCUT2D eigenvalue weighted by atomic mass is 16.2. The third kappa shape index (κ3) is 2.95. The lowest BCUT2D eigenvalue weighted by Crippen LogP contribution is -2.54. The first-order valence-corrected chi connectivity index (χ1v) is 6.38. The number of hydrogen-bond donors (Lipinski definition) is 2. The highest BCUT2D eigenvalue weighted by Crippen LogP contribution is 2.27. The van der Waals surface area contributed by atoms with E-state index in [4.69, 9.17) is 5.84 Å². The Morgan fingerprint density at radius 3 is 2.38 bits per heavy atom. The number of likely N-dealkylation sites (N-methyl/N-ethyl adjacent to an activating group) is 1. The molecule has 0 radical (unpaired) electrons. The molecule has 1 atom stereocenters. The molecule has 0 aliphatic heterocycles. The molecule has 0 aromatic carbocycles. The fourth-order valence-corrected chi connectivity index (χ4v) is 2.84. The maximum atomic E-state index is 11.8. The zero-order chi connectivity index (χ0) is 12.1. The van der Waals surface area contributed by atoms with Crippen LogP contribution in [0.1, 0.15) is 46.5 Å². The van der Waals surface area contributed by atoms with Crippen molar-refractivity contribution in [2.24, 2.45) is 11.8 Å². The summed E-state index contributed by atoms with van der Waals surface area (Å²) in [4.78, 5) is 14.2. The summed E-state index contributed by atoms with van der Waals surface area (Å²) in [6.07, 6.45) is 5.01. The number of carbonyl (C=O) groups excluding carboxylic acids is 1. The van der Waals surface area contributed by atoms with E-state index in [0.717, 1.165) is 6.54 Å². The van der Waals surface area contributed by atoms with Crippen molar-refractivity contribution in [3.63, 3.8) is 0 Å². The van der Waals surface area contributed by atoms with Crippen molar-refractivity contribution in [1.82, 2.24) is 10.3 Å². The molecule has 3 N–H and O–H groups in total. The average molecular weight is 227 g/mol. The van der Waals surface area contributed by atoms with Crippen LogP contribution in [0.4, 0.5) is 0 Å². The summed E-state index contributed by atoms with van der Waals surface area (Å²) in [6.45, 7) is 7.20. The van der Waals surface area contributed by atoms with Gasteiger partial charge >= 0.3 is 0 Å². The molecule has 0 bridgehead atoms. The van der Waals surface area contributed by atoms with Gasteiger partial charge in [0.05, 0.1) is 6.04 Å². The molecular weight excluding hydrogens is 202 g/mol. The van der Waals surface area contributed by atoms with Crippen LogP contribution in [0.5, 0.6) is 0 Å². The van der Waals surface area contributed by atoms with Gasteiger partial charge in [-0.25, -0.2) is 5.84 Å². The normalized spacial score (nSPS) is 19.4. The van der Waals surface area contributed by atoms with Gasteiger partial charge in [0.2, 0.25) is 0 Å². The van der Waals surface area contributed by atoms with Crippen molar-refractivity contribution in [3.8, 4) is 0 Å². The Morgan fingerprint density at radius 1 is 1.44 bits per heavy atom. The van der Waals surface area contributed by atoms with Crippen molar-refractivity contribution < 1.29 is 4.79 Å². The van der Waals surface area contributed by atoms with Gasteiger partial charge in [-0.15, -0.1) is 0 Å². The Bertz CT molecular complexity index is 224. The van der Waals surface area contributed by atoms with Crippen LogP contribution in [-0.2, 0) is 4.79 Å². The smallest absolute Gasteiger partial charge is 0.251 e. The summed E-state index contributed by atoms with van der Waals surface area (Å²) in [5.41, 5.74) is 2.30. The van der Waals surface area contributed by atoms with E-state index in [2.05, 4.69) is 31.1 Å². The van der Waals surface area contributed by atoms with Crippen LogP contribution < -0.4 is 11.3 Å². The van der Waals surface area contributed by atoms with Crippen molar-refractivity contribution in [2.45, 2.75) is 58.5 Å². The largest absolute Gasteiger partial charge is 0.293 e. The highest BCUT2D eigenvalue weighted by Gasteiger charge is 2.33. The highest BCUT2D eigenvalue weighted by molar-refractivity contribution is 5.81. The molecule has 1 rings (SSSR count). The van der Waals surface area contributed by atoms with Crippen LogP contribution >= 0.6 is 0 Å². The Labute approximate surface area is 98.5 Å². The topological polar surface area (TPSA) is 58.4 Å². The summed E-state index contributed by atoms with van der Waals surface area (Å²) < 4.78 is 0. The molecule has 1 unspecified atom stereocenters. The molecule has 1 aliphatic carbocycles. The number of rotatable bonds is 5. The van der Waals surface area contributed by atoms with Gasteiger partial charge in [-0.05, 0) is 25.3 Å². The Hall–Kier alpha value is -0.610. The van der Waals surface area contributed by atoms with E-state index >= 15 is 0 Å². The number of amides is 1. The lowest BCUT2D eigenvalue weighted by atomic mass is 9.99. The summed E-state index contributed by atoms with van der Waals surface area (Å²) in [7, 11) is 0. The number of hydrogen-bond acceptors (Lipinski definition) is 3. The Kier molecular flexibility index (Phi) is 5.22. The van der Waals surface area contributed by atoms with E-state index in [0.29, 0.717) is 12.0 Å². The minimum atomic E-state index is -0.0851. The van der Waals surface area contributed by atoms with Crippen LogP contribution in [0, 0.1) is 5.92 Å². The van der Waals surface area contributed by atoms with Crippen LogP contribution in [0.25, 0.3) is 0 Å². The standard InChI is InChI=1S/C12H25N3O/c1-4-15(10-7-5-6-8-10)11(9(2)3)12(16)14-13/h9-11H,4-8,13H2,1-3H3,(H,14,16). The van der Waals surface area contributed by atoms with Gasteiger partial charge in [0.15, 0.2) is 0 Å². The van der Waals surface area contributed by atoms with Gasteiger partial charge in [0.1, 0.15) is 0 Å². The fraction of sp³-hybridized carbons (Fsp3) is 0.917. The van der Waals surface area contributed by atoms with E-state index in [1.165, 1.54) is 25.7 Å². The first-order valence-electron chi connectivity index (χ1n) is 6.38.